The molecular formula is C14H12N2O5. The molecule has 108 valence electrons. The van der Waals surface area contributed by atoms with Gasteiger partial charge in [0.1, 0.15) is 11.5 Å². The van der Waals surface area contributed by atoms with Gasteiger partial charge in [0, 0.05) is 6.20 Å². The van der Waals surface area contributed by atoms with E-state index in [1.54, 1.807) is 0 Å². The molecule has 7 heteroatoms. The fraction of sp³-hybridized carbons (Fsp3) is 0.0714. The highest BCUT2D eigenvalue weighted by molar-refractivity contribution is 6.06. The second-order valence-corrected chi connectivity index (χ2v) is 4.05. The van der Waals surface area contributed by atoms with Crippen molar-refractivity contribution in [2.75, 3.05) is 12.4 Å². The second-order valence-electron chi connectivity index (χ2n) is 4.05. The second kappa shape index (κ2) is 5.91. The number of ether oxygens (including phenoxy) is 1. The number of aromatic nitrogens is 1. The van der Waals surface area contributed by atoms with Crippen LogP contribution in [0.15, 0.2) is 36.5 Å². The van der Waals surface area contributed by atoms with Gasteiger partial charge in [-0.15, -0.1) is 0 Å². The van der Waals surface area contributed by atoms with Gasteiger partial charge in [-0.25, -0.2) is 9.78 Å². The van der Waals surface area contributed by atoms with Gasteiger partial charge in [-0.05, 0) is 30.3 Å². The Bertz CT molecular complexity index is 700. The zero-order valence-electron chi connectivity index (χ0n) is 11.0. The van der Waals surface area contributed by atoms with Crippen molar-refractivity contribution < 1.29 is 24.5 Å². The van der Waals surface area contributed by atoms with Crippen molar-refractivity contribution in [1.82, 2.24) is 4.98 Å². The number of amides is 1. The van der Waals surface area contributed by atoms with Gasteiger partial charge in [0.05, 0.1) is 18.4 Å². The van der Waals surface area contributed by atoms with Gasteiger partial charge in [-0.2, -0.15) is 0 Å². The van der Waals surface area contributed by atoms with E-state index in [1.165, 1.54) is 43.6 Å². The van der Waals surface area contributed by atoms with Crippen LogP contribution < -0.4 is 10.1 Å². The smallest absolute Gasteiger partial charge is 0.335 e. The van der Waals surface area contributed by atoms with Crippen LogP contribution in [0.2, 0.25) is 0 Å². The number of nitrogens with zero attached hydrogens (tertiary/aromatic N) is 1. The summed E-state index contributed by atoms with van der Waals surface area (Å²) in [5, 5.41) is 21.0. The molecule has 0 aliphatic heterocycles. The van der Waals surface area contributed by atoms with Crippen LogP contribution >= 0.6 is 0 Å². The molecule has 0 saturated heterocycles. The number of aromatic carboxylic acids is 1. The molecule has 21 heavy (non-hydrogen) atoms. The molecule has 0 unspecified atom stereocenters. The Morgan fingerprint density at radius 1 is 1.29 bits per heavy atom. The number of hydrogen-bond acceptors (Lipinski definition) is 5. The number of methoxy groups -OCH3 is 1. The number of hydrogen-bond donors (Lipinski definition) is 3. The Labute approximate surface area is 119 Å². The van der Waals surface area contributed by atoms with E-state index >= 15 is 0 Å². The first-order chi connectivity index (χ1) is 10.0. The average molecular weight is 288 g/mol. The molecule has 1 amide bonds. The predicted molar refractivity (Wildman–Crippen MR) is 73.8 cm³/mol. The molecule has 3 N–H and O–H groups in total. The monoisotopic (exact) mass is 288 g/mol. The number of carbonyl (C=O) groups is 2. The van der Waals surface area contributed by atoms with Gasteiger partial charge in [-0.3, -0.25) is 4.79 Å². The summed E-state index contributed by atoms with van der Waals surface area (Å²) in [5.74, 6) is -1.78. The minimum absolute atomic E-state index is 0.00339. The maximum atomic E-state index is 12.0. The fourth-order valence-corrected chi connectivity index (χ4v) is 1.69. The molecule has 0 spiro atoms. The summed E-state index contributed by atoms with van der Waals surface area (Å²) >= 11 is 0. The molecule has 0 fully saturated rings. The predicted octanol–water partition coefficient (Wildman–Crippen LogP) is 1.75. The minimum Gasteiger partial charge on any atom is -0.505 e. The maximum absolute atomic E-state index is 12.0. The quantitative estimate of drug-likeness (QED) is 0.790. The highest BCUT2D eigenvalue weighted by atomic mass is 16.5. The number of carboxylic acids is 1. The fourth-order valence-electron chi connectivity index (χ4n) is 1.69. The first kappa shape index (κ1) is 14.3. The summed E-state index contributed by atoms with van der Waals surface area (Å²) < 4.78 is 5.06. The molecule has 0 aliphatic carbocycles. The van der Waals surface area contributed by atoms with Crippen LogP contribution in [0.3, 0.4) is 0 Å². The van der Waals surface area contributed by atoms with E-state index in [-0.39, 0.29) is 22.7 Å². The van der Waals surface area contributed by atoms with Gasteiger partial charge < -0.3 is 20.3 Å². The van der Waals surface area contributed by atoms with Crippen molar-refractivity contribution in [3.05, 3.63) is 47.8 Å². The zero-order chi connectivity index (χ0) is 15.4. The van der Waals surface area contributed by atoms with E-state index in [4.69, 9.17) is 9.84 Å². The number of benzene rings is 1. The van der Waals surface area contributed by atoms with E-state index in [9.17, 15) is 14.7 Å². The Balaban J connectivity index is 2.34. The number of rotatable bonds is 4. The summed E-state index contributed by atoms with van der Waals surface area (Å²) in [7, 11) is 1.39. The topological polar surface area (TPSA) is 109 Å². The highest BCUT2D eigenvalue weighted by Gasteiger charge is 2.16. The molecule has 2 aromatic rings. The van der Waals surface area contributed by atoms with E-state index in [2.05, 4.69) is 10.3 Å². The molecule has 2 rings (SSSR count). The van der Waals surface area contributed by atoms with E-state index < -0.39 is 11.9 Å². The van der Waals surface area contributed by atoms with E-state index in [1.807, 2.05) is 0 Å². The molecule has 1 aromatic carbocycles. The largest absolute Gasteiger partial charge is 0.505 e. The lowest BCUT2D eigenvalue weighted by molar-refractivity contribution is 0.0696. The summed E-state index contributed by atoms with van der Waals surface area (Å²) in [6.07, 6.45) is 1.36. The standard InChI is InChI=1S/C14H12N2O5/c1-21-11-5-4-8(14(19)20)7-9(11)16-13(18)12-10(17)3-2-6-15-12/h2-7,17H,1H3,(H,16,18)(H,19,20). The molecule has 0 atom stereocenters. The zero-order valence-corrected chi connectivity index (χ0v) is 11.0. The molecule has 0 bridgehead atoms. The van der Waals surface area contributed by atoms with Crippen molar-refractivity contribution in [3.63, 3.8) is 0 Å². The highest BCUT2D eigenvalue weighted by Crippen LogP contribution is 2.26. The Hall–Kier alpha value is -3.09. The molecule has 0 saturated carbocycles. The first-order valence-electron chi connectivity index (χ1n) is 5.89. The van der Waals surface area contributed by atoms with Gasteiger partial charge in [0.2, 0.25) is 0 Å². The molecule has 1 aromatic heterocycles. The molecule has 7 nitrogen and oxygen atoms in total. The lowest BCUT2D eigenvalue weighted by atomic mass is 10.2. The number of nitrogens with one attached hydrogen (secondary N) is 1. The SMILES string of the molecule is COc1ccc(C(=O)O)cc1NC(=O)c1ncccc1O. The molecule has 1 heterocycles. The third kappa shape index (κ3) is 3.08. The van der Waals surface area contributed by atoms with Crippen LogP contribution in [0, 0.1) is 0 Å². The van der Waals surface area contributed by atoms with Crippen LogP contribution in [0.1, 0.15) is 20.8 Å². The van der Waals surface area contributed by atoms with Gasteiger partial charge in [0.25, 0.3) is 5.91 Å². The van der Waals surface area contributed by atoms with Crippen molar-refractivity contribution in [2.45, 2.75) is 0 Å². The van der Waals surface area contributed by atoms with Crippen LogP contribution in [-0.2, 0) is 0 Å². The molecule has 0 radical (unpaired) electrons. The number of anilines is 1. The Morgan fingerprint density at radius 3 is 2.67 bits per heavy atom. The van der Waals surface area contributed by atoms with Crippen molar-refractivity contribution in [2.24, 2.45) is 0 Å². The van der Waals surface area contributed by atoms with Gasteiger partial charge in [0.15, 0.2) is 5.69 Å². The normalized spacial score (nSPS) is 9.95. The van der Waals surface area contributed by atoms with Gasteiger partial charge in [-0.1, -0.05) is 0 Å². The van der Waals surface area contributed by atoms with Crippen molar-refractivity contribution in [1.29, 1.82) is 0 Å². The number of carboxylic acid groups (broad SMARTS) is 1. The number of aromatic hydroxyl groups is 1. The molecule has 0 aliphatic rings. The van der Waals surface area contributed by atoms with Gasteiger partial charge >= 0.3 is 5.97 Å². The van der Waals surface area contributed by atoms with Crippen molar-refractivity contribution in [3.8, 4) is 11.5 Å². The van der Waals surface area contributed by atoms with Crippen LogP contribution in [-0.4, -0.2) is 34.2 Å². The third-order valence-electron chi connectivity index (χ3n) is 2.70. The summed E-state index contributed by atoms with van der Waals surface area (Å²) in [4.78, 5) is 26.8. The summed E-state index contributed by atoms with van der Waals surface area (Å²) in [6.45, 7) is 0. The lowest BCUT2D eigenvalue weighted by Gasteiger charge is -2.11. The average Bonchev–Trinajstić information content (AvgIpc) is 2.47. The Kier molecular flexibility index (Phi) is 4.03. The number of carbonyl (C=O) groups excluding carboxylic acids is 1. The minimum atomic E-state index is -1.13. The summed E-state index contributed by atoms with van der Waals surface area (Å²) in [6, 6.07) is 6.86. The van der Waals surface area contributed by atoms with Crippen LogP contribution in [0.4, 0.5) is 5.69 Å². The first-order valence-corrected chi connectivity index (χ1v) is 5.89. The van der Waals surface area contributed by atoms with Crippen LogP contribution in [0.5, 0.6) is 11.5 Å². The Morgan fingerprint density at radius 2 is 2.05 bits per heavy atom. The third-order valence-corrected chi connectivity index (χ3v) is 2.70. The van der Waals surface area contributed by atoms with E-state index in [0.29, 0.717) is 5.75 Å². The molecular weight excluding hydrogens is 276 g/mol. The lowest BCUT2D eigenvalue weighted by Crippen LogP contribution is -2.15. The number of pyridine rings is 1. The van der Waals surface area contributed by atoms with E-state index in [0.717, 1.165) is 0 Å². The van der Waals surface area contributed by atoms with Crippen molar-refractivity contribution >= 4 is 17.6 Å². The van der Waals surface area contributed by atoms with Crippen LogP contribution in [0.25, 0.3) is 0 Å². The maximum Gasteiger partial charge on any atom is 0.335 e. The summed E-state index contributed by atoms with van der Waals surface area (Å²) in [5.41, 5.74) is 0.00377.